The second-order valence-electron chi connectivity index (χ2n) is 6.65. The van der Waals surface area contributed by atoms with Crippen LogP contribution in [0.3, 0.4) is 0 Å². The molecular formula is C20H18Cl2N4O2. The topological polar surface area (TPSA) is 90.1 Å². The zero-order valence-electron chi connectivity index (χ0n) is 15.3. The van der Waals surface area contributed by atoms with Gasteiger partial charge in [-0.1, -0.05) is 34.4 Å². The van der Waals surface area contributed by atoms with Gasteiger partial charge in [0, 0.05) is 45.7 Å². The molecular weight excluding hydrogens is 399 g/mol. The molecule has 0 aliphatic rings. The number of nitrogens with zero attached hydrogens (tertiary/aromatic N) is 3. The van der Waals surface area contributed by atoms with Gasteiger partial charge in [-0.3, -0.25) is 4.98 Å². The highest BCUT2D eigenvalue weighted by atomic mass is 35.5. The number of hydrogen-bond acceptors (Lipinski definition) is 5. The summed E-state index contributed by atoms with van der Waals surface area (Å²) in [5.74, 6) is 0.776. The lowest BCUT2D eigenvalue weighted by atomic mass is 9.95. The van der Waals surface area contributed by atoms with E-state index >= 15 is 0 Å². The zero-order chi connectivity index (χ0) is 20.0. The average Bonchev–Trinajstić information content (AvgIpc) is 3.18. The van der Waals surface area contributed by atoms with E-state index in [-0.39, 0.29) is 12.4 Å². The lowest BCUT2D eigenvalue weighted by molar-refractivity contribution is 0.384. The predicted molar refractivity (Wildman–Crippen MR) is 110 cm³/mol. The number of rotatable bonds is 4. The minimum Gasteiger partial charge on any atom is -0.494 e. The summed E-state index contributed by atoms with van der Waals surface area (Å²) in [4.78, 5) is 4.63. The molecule has 6 nitrogen and oxygen atoms in total. The van der Waals surface area contributed by atoms with Crippen molar-refractivity contribution in [1.82, 2.24) is 14.7 Å². The summed E-state index contributed by atoms with van der Waals surface area (Å²) in [5, 5.41) is 16.6. The molecule has 1 aromatic carbocycles. The van der Waals surface area contributed by atoms with Crippen molar-refractivity contribution < 1.29 is 9.63 Å². The van der Waals surface area contributed by atoms with Crippen LogP contribution in [0.4, 0.5) is 0 Å². The molecule has 0 spiro atoms. The van der Waals surface area contributed by atoms with Gasteiger partial charge >= 0.3 is 0 Å². The van der Waals surface area contributed by atoms with Crippen LogP contribution in [-0.4, -0.2) is 19.8 Å². The fraction of sp³-hybridized carbons (Fsp3) is 0.200. The summed E-state index contributed by atoms with van der Waals surface area (Å²) < 4.78 is 6.80. The van der Waals surface area contributed by atoms with Gasteiger partial charge in [-0.25, -0.2) is 0 Å². The first kappa shape index (κ1) is 18.8. The molecule has 0 bridgehead atoms. The van der Waals surface area contributed by atoms with E-state index < -0.39 is 0 Å². The smallest absolute Gasteiger partial charge is 0.201 e. The number of benzene rings is 1. The van der Waals surface area contributed by atoms with Crippen LogP contribution < -0.4 is 5.73 Å². The van der Waals surface area contributed by atoms with E-state index in [1.165, 1.54) is 0 Å². The van der Waals surface area contributed by atoms with Crippen LogP contribution in [0.15, 0.2) is 35.0 Å². The number of aryl methyl sites for hydroxylation is 2. The molecule has 3 heterocycles. The summed E-state index contributed by atoms with van der Waals surface area (Å²) >= 11 is 12.5. The van der Waals surface area contributed by atoms with Crippen LogP contribution in [-0.2, 0) is 13.1 Å². The quantitative estimate of drug-likeness (QED) is 0.497. The zero-order valence-corrected chi connectivity index (χ0v) is 16.8. The molecule has 4 aromatic rings. The molecule has 0 fully saturated rings. The lowest BCUT2D eigenvalue weighted by Crippen LogP contribution is -2.04. The molecule has 0 unspecified atom stereocenters. The number of pyridine rings is 1. The second kappa shape index (κ2) is 7.13. The number of aromatic nitrogens is 3. The summed E-state index contributed by atoms with van der Waals surface area (Å²) in [5.41, 5.74) is 10.5. The molecule has 4 rings (SSSR count). The maximum atomic E-state index is 11.0. The van der Waals surface area contributed by atoms with Gasteiger partial charge in [-0.05, 0) is 31.5 Å². The van der Waals surface area contributed by atoms with Gasteiger partial charge in [0.25, 0.3) is 0 Å². The lowest BCUT2D eigenvalue weighted by Gasteiger charge is -2.14. The molecule has 8 heteroatoms. The van der Waals surface area contributed by atoms with E-state index in [9.17, 15) is 5.11 Å². The molecule has 0 saturated carbocycles. The maximum Gasteiger partial charge on any atom is 0.201 e. The Morgan fingerprint density at radius 1 is 1.21 bits per heavy atom. The van der Waals surface area contributed by atoms with Gasteiger partial charge < -0.3 is 19.9 Å². The summed E-state index contributed by atoms with van der Waals surface area (Å²) in [7, 11) is 0. The SMILES string of the molecule is Cc1cc(Cn2cc3nc(C)c(CN)c(-c4ccc(Cl)cc4Cl)c3c2O)no1. The highest BCUT2D eigenvalue weighted by Gasteiger charge is 2.22. The third-order valence-corrected chi connectivity index (χ3v) is 5.27. The highest BCUT2D eigenvalue weighted by Crippen LogP contribution is 2.42. The van der Waals surface area contributed by atoms with E-state index in [1.807, 2.05) is 26.0 Å². The molecule has 3 aromatic heterocycles. The number of halogens is 2. The molecule has 0 atom stereocenters. The number of aromatic hydroxyl groups is 1. The Morgan fingerprint density at radius 3 is 2.64 bits per heavy atom. The van der Waals surface area contributed by atoms with E-state index in [0.29, 0.717) is 38.9 Å². The van der Waals surface area contributed by atoms with Gasteiger partial charge in [-0.2, -0.15) is 0 Å². The molecule has 3 N–H and O–H groups in total. The summed E-state index contributed by atoms with van der Waals surface area (Å²) in [6.45, 7) is 4.33. The molecule has 0 aliphatic carbocycles. The Bertz CT molecular complexity index is 1200. The van der Waals surface area contributed by atoms with Crippen LogP contribution in [0.5, 0.6) is 5.88 Å². The fourth-order valence-electron chi connectivity index (χ4n) is 3.46. The predicted octanol–water partition coefficient (Wildman–Crippen LogP) is 4.83. The molecule has 0 amide bonds. The van der Waals surface area contributed by atoms with Crippen molar-refractivity contribution in [2.24, 2.45) is 5.73 Å². The standard InChI is InChI=1S/C20H18Cl2N4O2/c1-10-5-13(25-28-10)8-26-9-17-19(20(26)27)18(15(7-23)11(2)24-17)14-4-3-12(21)6-16(14)22/h3-6,9,27H,7-8,23H2,1-2H3. The monoisotopic (exact) mass is 416 g/mol. The third kappa shape index (κ3) is 3.13. The van der Waals surface area contributed by atoms with Crippen molar-refractivity contribution in [3.05, 3.63) is 63.2 Å². The molecule has 0 saturated heterocycles. The van der Waals surface area contributed by atoms with Crippen LogP contribution in [0.2, 0.25) is 10.0 Å². The first-order valence-corrected chi connectivity index (χ1v) is 9.43. The molecule has 28 heavy (non-hydrogen) atoms. The van der Waals surface area contributed by atoms with Crippen LogP contribution in [0.1, 0.15) is 22.7 Å². The van der Waals surface area contributed by atoms with Crippen LogP contribution in [0, 0.1) is 13.8 Å². The first-order valence-electron chi connectivity index (χ1n) is 8.68. The van der Waals surface area contributed by atoms with Crippen molar-refractivity contribution in [3.63, 3.8) is 0 Å². The van der Waals surface area contributed by atoms with Crippen molar-refractivity contribution >= 4 is 34.1 Å². The molecule has 144 valence electrons. The van der Waals surface area contributed by atoms with Gasteiger partial charge in [0.05, 0.1) is 17.4 Å². The molecule has 0 radical (unpaired) electrons. The van der Waals surface area contributed by atoms with Gasteiger partial charge in [0.1, 0.15) is 11.5 Å². The Kier molecular flexibility index (Phi) is 4.79. The highest BCUT2D eigenvalue weighted by molar-refractivity contribution is 6.36. The summed E-state index contributed by atoms with van der Waals surface area (Å²) in [6.07, 6.45) is 1.79. The van der Waals surface area contributed by atoms with Gasteiger partial charge in [0.15, 0.2) is 0 Å². The average molecular weight is 417 g/mol. The van der Waals surface area contributed by atoms with Crippen molar-refractivity contribution in [3.8, 4) is 17.0 Å². The van der Waals surface area contributed by atoms with Crippen LogP contribution >= 0.6 is 23.2 Å². The van der Waals surface area contributed by atoms with Gasteiger partial charge in [0.2, 0.25) is 5.88 Å². The van der Waals surface area contributed by atoms with Crippen molar-refractivity contribution in [2.75, 3.05) is 0 Å². The maximum absolute atomic E-state index is 11.0. The summed E-state index contributed by atoms with van der Waals surface area (Å²) in [6, 6.07) is 7.09. The largest absolute Gasteiger partial charge is 0.494 e. The Balaban J connectivity index is 1.98. The van der Waals surface area contributed by atoms with E-state index in [1.54, 1.807) is 22.9 Å². The Labute approximate surface area is 171 Å². The van der Waals surface area contributed by atoms with Crippen molar-refractivity contribution in [2.45, 2.75) is 26.9 Å². The number of hydrogen-bond donors (Lipinski definition) is 2. The Morgan fingerprint density at radius 2 is 2.00 bits per heavy atom. The first-order chi connectivity index (χ1) is 13.4. The second-order valence-corrected chi connectivity index (χ2v) is 7.49. The number of nitrogens with two attached hydrogens (primary N) is 1. The van der Waals surface area contributed by atoms with Crippen molar-refractivity contribution in [1.29, 1.82) is 0 Å². The molecule has 0 aliphatic heterocycles. The normalized spacial score (nSPS) is 11.5. The Hall–Kier alpha value is -2.54. The third-order valence-electron chi connectivity index (χ3n) is 4.72. The minimum absolute atomic E-state index is 0.0684. The minimum atomic E-state index is 0.0684. The van der Waals surface area contributed by atoms with E-state index in [4.69, 9.17) is 33.5 Å². The van der Waals surface area contributed by atoms with E-state index in [2.05, 4.69) is 10.1 Å². The van der Waals surface area contributed by atoms with E-state index in [0.717, 1.165) is 22.4 Å². The fourth-order valence-corrected chi connectivity index (χ4v) is 3.97. The van der Waals surface area contributed by atoms with Gasteiger partial charge in [-0.15, -0.1) is 0 Å². The van der Waals surface area contributed by atoms with Crippen LogP contribution in [0.25, 0.3) is 22.0 Å². The number of fused-ring (bicyclic) bond motifs is 1.